The first-order chi connectivity index (χ1) is 15.9. The summed E-state index contributed by atoms with van der Waals surface area (Å²) in [6.07, 6.45) is -0.863. The summed E-state index contributed by atoms with van der Waals surface area (Å²) in [6, 6.07) is 22.7. The maximum Gasteiger partial charge on any atom is 0.284 e. The number of primary amides is 1. The molecule has 3 N–H and O–H groups in total. The van der Waals surface area contributed by atoms with E-state index < -0.39 is 12.0 Å². The summed E-state index contributed by atoms with van der Waals surface area (Å²) >= 11 is 0. The molecule has 0 saturated heterocycles. The number of aromatic nitrogens is 2. The fourth-order valence-corrected chi connectivity index (χ4v) is 3.69. The lowest BCUT2D eigenvalue weighted by Crippen LogP contribution is -2.26. The molecule has 1 atom stereocenters. The minimum Gasteiger partial charge on any atom is -0.387 e. The lowest BCUT2D eigenvalue weighted by molar-refractivity contribution is 0.0976. The number of carbonyl (C=O) groups is 2. The Hall–Kier alpha value is -4.48. The van der Waals surface area contributed by atoms with Crippen molar-refractivity contribution in [2.75, 3.05) is 11.9 Å². The Balaban J connectivity index is 1.68. The van der Waals surface area contributed by atoms with Crippen molar-refractivity contribution >= 4 is 28.5 Å². The molecule has 3 aromatic carbocycles. The number of nitriles is 1. The zero-order valence-corrected chi connectivity index (χ0v) is 17.8. The van der Waals surface area contributed by atoms with E-state index in [0.29, 0.717) is 33.4 Å². The van der Waals surface area contributed by atoms with Crippen LogP contribution >= 0.6 is 0 Å². The third kappa shape index (κ3) is 4.31. The quantitative estimate of drug-likeness (QED) is 0.478. The van der Waals surface area contributed by atoms with Crippen LogP contribution in [0.25, 0.3) is 11.0 Å². The lowest BCUT2D eigenvalue weighted by atomic mass is 10.1. The van der Waals surface area contributed by atoms with Gasteiger partial charge in [-0.05, 0) is 42.0 Å². The van der Waals surface area contributed by atoms with Gasteiger partial charge in [0.15, 0.2) is 5.82 Å². The van der Waals surface area contributed by atoms with E-state index in [1.54, 1.807) is 60.1 Å². The highest BCUT2D eigenvalue weighted by Gasteiger charge is 2.21. The third-order valence-corrected chi connectivity index (χ3v) is 5.42. The Morgan fingerprint density at radius 2 is 1.88 bits per heavy atom. The van der Waals surface area contributed by atoms with E-state index in [9.17, 15) is 14.7 Å². The number of anilines is 1. The molecule has 0 aliphatic carbocycles. The Bertz CT molecular complexity index is 1390. The van der Waals surface area contributed by atoms with E-state index in [2.05, 4.69) is 4.98 Å². The number of benzene rings is 3. The molecular formula is C25H21N5O3. The van der Waals surface area contributed by atoms with Crippen molar-refractivity contribution < 1.29 is 14.7 Å². The van der Waals surface area contributed by atoms with Crippen molar-refractivity contribution in [1.82, 2.24) is 9.55 Å². The molecule has 4 aromatic rings. The van der Waals surface area contributed by atoms with Gasteiger partial charge in [-0.15, -0.1) is 0 Å². The minimum absolute atomic E-state index is 0.0211. The number of rotatable bonds is 6. The molecule has 0 aliphatic rings. The Morgan fingerprint density at radius 1 is 1.12 bits per heavy atom. The Morgan fingerprint density at radius 3 is 2.58 bits per heavy atom. The van der Waals surface area contributed by atoms with Gasteiger partial charge in [-0.3, -0.25) is 9.59 Å². The fraction of sp³-hybridized carbons (Fsp3) is 0.120. The third-order valence-electron chi connectivity index (χ3n) is 5.42. The van der Waals surface area contributed by atoms with Crippen LogP contribution in [0.15, 0.2) is 72.8 Å². The van der Waals surface area contributed by atoms with Crippen LogP contribution in [0.2, 0.25) is 0 Å². The van der Waals surface area contributed by atoms with Crippen LogP contribution in [0.1, 0.15) is 38.2 Å². The smallest absolute Gasteiger partial charge is 0.284 e. The second-order valence-corrected chi connectivity index (χ2v) is 7.57. The van der Waals surface area contributed by atoms with Crippen LogP contribution in [-0.2, 0) is 6.54 Å². The molecule has 0 saturated carbocycles. The molecule has 0 fully saturated rings. The number of imidazole rings is 1. The maximum absolute atomic E-state index is 12.9. The zero-order chi connectivity index (χ0) is 23.5. The summed E-state index contributed by atoms with van der Waals surface area (Å²) in [5.74, 6) is -0.987. The fourth-order valence-electron chi connectivity index (χ4n) is 3.69. The number of amides is 2. The van der Waals surface area contributed by atoms with Gasteiger partial charge in [-0.1, -0.05) is 36.4 Å². The SMILES string of the molecule is CN(C(=O)c1cccc(C#N)c1)c1ccc2c(c1)nc(C(N)=O)n2C[C@@H](O)c1ccccc1. The summed E-state index contributed by atoms with van der Waals surface area (Å²) in [7, 11) is 1.62. The molecule has 0 spiro atoms. The highest BCUT2D eigenvalue weighted by molar-refractivity contribution is 6.06. The van der Waals surface area contributed by atoms with Gasteiger partial charge < -0.3 is 20.3 Å². The van der Waals surface area contributed by atoms with Gasteiger partial charge in [0.2, 0.25) is 0 Å². The summed E-state index contributed by atoms with van der Waals surface area (Å²) in [6.45, 7) is 0.0911. The van der Waals surface area contributed by atoms with Crippen molar-refractivity contribution in [2.24, 2.45) is 5.73 Å². The largest absolute Gasteiger partial charge is 0.387 e. The molecule has 0 aliphatic heterocycles. The van der Waals surface area contributed by atoms with Gasteiger partial charge in [0.25, 0.3) is 11.8 Å². The molecule has 8 heteroatoms. The molecule has 0 bridgehead atoms. The average Bonchev–Trinajstić information content (AvgIpc) is 3.21. The van der Waals surface area contributed by atoms with Gasteiger partial charge in [0.1, 0.15) is 0 Å². The Kier molecular flexibility index (Phi) is 5.89. The molecule has 0 unspecified atom stereocenters. The monoisotopic (exact) mass is 439 g/mol. The van der Waals surface area contributed by atoms with E-state index in [1.165, 1.54) is 11.0 Å². The highest BCUT2D eigenvalue weighted by Crippen LogP contribution is 2.26. The van der Waals surface area contributed by atoms with Gasteiger partial charge >= 0.3 is 0 Å². The van der Waals surface area contributed by atoms with E-state index >= 15 is 0 Å². The second-order valence-electron chi connectivity index (χ2n) is 7.57. The standard InChI is InChI=1S/C25H21N5O3/c1-29(25(33)18-9-5-6-16(12-18)14-26)19-10-11-21-20(13-19)28-24(23(27)32)30(21)15-22(31)17-7-3-2-4-8-17/h2-13,22,31H,15H2,1H3,(H2,27,32)/t22-/m1/s1. The number of carbonyl (C=O) groups excluding carboxylic acids is 2. The van der Waals surface area contributed by atoms with E-state index in [-0.39, 0.29) is 18.3 Å². The zero-order valence-electron chi connectivity index (χ0n) is 17.8. The summed E-state index contributed by atoms with van der Waals surface area (Å²) < 4.78 is 1.58. The molecule has 8 nitrogen and oxygen atoms in total. The molecule has 33 heavy (non-hydrogen) atoms. The first-order valence-corrected chi connectivity index (χ1v) is 10.2. The summed E-state index contributed by atoms with van der Waals surface area (Å²) in [4.78, 5) is 30.8. The van der Waals surface area contributed by atoms with Crippen molar-refractivity contribution in [2.45, 2.75) is 12.6 Å². The van der Waals surface area contributed by atoms with Gasteiger partial charge in [-0.25, -0.2) is 4.98 Å². The van der Waals surface area contributed by atoms with Crippen LogP contribution in [0, 0.1) is 11.3 Å². The van der Waals surface area contributed by atoms with Crippen molar-refractivity contribution in [3.63, 3.8) is 0 Å². The van der Waals surface area contributed by atoms with Gasteiger partial charge in [0, 0.05) is 18.3 Å². The molecule has 164 valence electrons. The minimum atomic E-state index is -0.863. The summed E-state index contributed by atoms with van der Waals surface area (Å²) in [5, 5.41) is 19.8. The molecule has 1 aromatic heterocycles. The Labute approximate surface area is 190 Å². The van der Waals surface area contributed by atoms with E-state index in [0.717, 1.165) is 0 Å². The van der Waals surface area contributed by atoms with Crippen molar-refractivity contribution in [3.05, 3.63) is 95.3 Å². The number of aliphatic hydroxyl groups is 1. The van der Waals surface area contributed by atoms with Gasteiger partial charge in [-0.2, -0.15) is 5.26 Å². The number of nitrogens with two attached hydrogens (primary N) is 1. The van der Waals surface area contributed by atoms with Crippen molar-refractivity contribution in [1.29, 1.82) is 5.26 Å². The molecule has 0 radical (unpaired) electrons. The predicted molar refractivity (Wildman–Crippen MR) is 124 cm³/mol. The highest BCUT2D eigenvalue weighted by atomic mass is 16.3. The topological polar surface area (TPSA) is 125 Å². The van der Waals surface area contributed by atoms with Crippen LogP contribution < -0.4 is 10.6 Å². The van der Waals surface area contributed by atoms with Gasteiger partial charge in [0.05, 0.1) is 35.3 Å². The number of fused-ring (bicyclic) bond motifs is 1. The predicted octanol–water partition coefficient (Wildman–Crippen LogP) is 3.02. The summed E-state index contributed by atoms with van der Waals surface area (Å²) in [5.41, 5.74) is 8.65. The van der Waals surface area contributed by atoms with Crippen LogP contribution in [0.5, 0.6) is 0 Å². The number of nitrogens with zero attached hydrogens (tertiary/aromatic N) is 4. The average molecular weight is 439 g/mol. The maximum atomic E-state index is 12.9. The van der Waals surface area contributed by atoms with E-state index in [1.807, 2.05) is 24.3 Å². The lowest BCUT2D eigenvalue weighted by Gasteiger charge is -2.18. The molecule has 4 rings (SSSR count). The van der Waals surface area contributed by atoms with Crippen LogP contribution in [-0.4, -0.2) is 33.5 Å². The molecular weight excluding hydrogens is 418 g/mol. The number of hydrogen-bond acceptors (Lipinski definition) is 5. The normalized spacial score (nSPS) is 11.7. The van der Waals surface area contributed by atoms with Crippen LogP contribution in [0.3, 0.4) is 0 Å². The molecule has 2 amide bonds. The van der Waals surface area contributed by atoms with Crippen LogP contribution in [0.4, 0.5) is 5.69 Å². The molecule has 1 heterocycles. The van der Waals surface area contributed by atoms with E-state index in [4.69, 9.17) is 11.0 Å². The number of aliphatic hydroxyl groups excluding tert-OH is 1. The first-order valence-electron chi connectivity index (χ1n) is 10.2. The first kappa shape index (κ1) is 21.7. The number of hydrogen-bond donors (Lipinski definition) is 2. The second kappa shape index (κ2) is 8.94. The van der Waals surface area contributed by atoms with Crippen molar-refractivity contribution in [3.8, 4) is 6.07 Å².